The molecule has 0 fully saturated rings. The van der Waals surface area contributed by atoms with Gasteiger partial charge in [0.25, 0.3) is 0 Å². The molecule has 1 aliphatic rings. The molecule has 0 saturated carbocycles. The predicted octanol–water partition coefficient (Wildman–Crippen LogP) is 9.13. The van der Waals surface area contributed by atoms with Crippen molar-refractivity contribution >= 4 is 44.9 Å². The Labute approximate surface area is 261 Å². The molecule has 4 heteroatoms. The Balaban J connectivity index is 1.37. The molecule has 0 spiro atoms. The SMILES string of the molecule is O=P1(c2ccccc2)c2ccccc2-c2cc3c(cc21)c1ccccc1n3-c1cc(-c2ccccc2)cc(-c2ccccc2)n1. The van der Waals surface area contributed by atoms with E-state index in [1.165, 1.54) is 0 Å². The molecule has 212 valence electrons. The average molecular weight is 595 g/mol. The number of fused-ring (bicyclic) bond motifs is 6. The molecule has 45 heavy (non-hydrogen) atoms. The van der Waals surface area contributed by atoms with E-state index in [2.05, 4.69) is 108 Å². The fourth-order valence-corrected chi connectivity index (χ4v) is 10.0. The van der Waals surface area contributed by atoms with Crippen molar-refractivity contribution in [2.45, 2.75) is 0 Å². The van der Waals surface area contributed by atoms with Crippen LogP contribution in [0.1, 0.15) is 0 Å². The zero-order valence-corrected chi connectivity index (χ0v) is 25.2. The van der Waals surface area contributed by atoms with Crippen LogP contribution in [-0.2, 0) is 4.57 Å². The molecule has 6 aromatic carbocycles. The van der Waals surface area contributed by atoms with Gasteiger partial charge in [0, 0.05) is 32.2 Å². The minimum absolute atomic E-state index is 0.846. The Hall–Kier alpha value is -5.50. The Kier molecular flexibility index (Phi) is 5.78. The number of benzene rings is 6. The lowest BCUT2D eigenvalue weighted by atomic mass is 10.0. The van der Waals surface area contributed by atoms with Crippen LogP contribution < -0.4 is 15.9 Å². The maximum Gasteiger partial charge on any atom is 0.172 e. The summed E-state index contributed by atoms with van der Waals surface area (Å²) >= 11 is 0. The molecule has 0 amide bonds. The standard InChI is InChI=1S/C41H27N2OP/c44-45(31-18-8-3-9-19-31)39-23-13-11-21-33(39)35-26-38-34(27-40(35)45)32-20-10-12-22-37(32)43(38)41-25-30(28-14-4-1-5-15-28)24-36(42-41)29-16-6-2-7-17-29/h1-27H. The van der Waals surface area contributed by atoms with Gasteiger partial charge in [0.05, 0.1) is 16.7 Å². The van der Waals surface area contributed by atoms with E-state index in [4.69, 9.17) is 4.98 Å². The van der Waals surface area contributed by atoms with Crippen LogP contribution >= 0.6 is 7.14 Å². The largest absolute Gasteiger partial charge is 0.309 e. The number of pyridine rings is 1. The number of hydrogen-bond donors (Lipinski definition) is 0. The van der Waals surface area contributed by atoms with Crippen molar-refractivity contribution in [1.29, 1.82) is 0 Å². The molecule has 8 aromatic rings. The number of rotatable bonds is 4. The summed E-state index contributed by atoms with van der Waals surface area (Å²) in [6.45, 7) is 0. The molecule has 1 aliphatic heterocycles. The molecule has 1 unspecified atom stereocenters. The smallest absolute Gasteiger partial charge is 0.172 e. The average Bonchev–Trinajstić information content (AvgIpc) is 3.58. The molecule has 9 rings (SSSR count). The van der Waals surface area contributed by atoms with E-state index >= 15 is 4.57 Å². The van der Waals surface area contributed by atoms with Crippen molar-refractivity contribution in [3.05, 3.63) is 164 Å². The number of aromatic nitrogens is 2. The van der Waals surface area contributed by atoms with E-state index in [1.807, 2.05) is 60.7 Å². The molecular weight excluding hydrogens is 567 g/mol. The normalized spacial score (nSPS) is 15.3. The Morgan fingerprint density at radius 1 is 0.467 bits per heavy atom. The summed E-state index contributed by atoms with van der Waals surface area (Å²) in [6, 6.07) is 56.2. The van der Waals surface area contributed by atoms with Crippen LogP contribution in [0.15, 0.2) is 164 Å². The van der Waals surface area contributed by atoms with Gasteiger partial charge in [-0.05, 0) is 52.6 Å². The lowest BCUT2D eigenvalue weighted by molar-refractivity contribution is 0.593. The van der Waals surface area contributed by atoms with E-state index in [9.17, 15) is 0 Å². The van der Waals surface area contributed by atoms with Gasteiger partial charge in [0.1, 0.15) is 5.82 Å². The molecule has 2 aromatic heterocycles. The first-order chi connectivity index (χ1) is 22.2. The highest BCUT2D eigenvalue weighted by Gasteiger charge is 2.40. The second-order valence-electron chi connectivity index (χ2n) is 11.5. The monoisotopic (exact) mass is 594 g/mol. The highest BCUT2D eigenvalue weighted by atomic mass is 31.2. The Morgan fingerprint density at radius 3 is 1.89 bits per heavy atom. The summed E-state index contributed by atoms with van der Waals surface area (Å²) in [7, 11) is -3.07. The van der Waals surface area contributed by atoms with Crippen molar-refractivity contribution < 1.29 is 4.57 Å². The Morgan fingerprint density at radius 2 is 1.11 bits per heavy atom. The Bertz CT molecular complexity index is 2390. The second kappa shape index (κ2) is 10.0. The highest BCUT2D eigenvalue weighted by Crippen LogP contribution is 2.53. The van der Waals surface area contributed by atoms with Crippen LogP contribution in [0.4, 0.5) is 0 Å². The second-order valence-corrected chi connectivity index (χ2v) is 14.2. The highest BCUT2D eigenvalue weighted by molar-refractivity contribution is 7.86. The van der Waals surface area contributed by atoms with Gasteiger partial charge in [-0.2, -0.15) is 0 Å². The summed E-state index contributed by atoms with van der Waals surface area (Å²) in [5, 5.41) is 4.86. The maximum absolute atomic E-state index is 15.3. The number of para-hydroxylation sites is 1. The number of hydrogen-bond acceptors (Lipinski definition) is 2. The maximum atomic E-state index is 15.3. The predicted molar refractivity (Wildman–Crippen MR) is 188 cm³/mol. The molecule has 3 nitrogen and oxygen atoms in total. The van der Waals surface area contributed by atoms with Crippen molar-refractivity contribution in [3.8, 4) is 39.3 Å². The van der Waals surface area contributed by atoms with Crippen molar-refractivity contribution in [3.63, 3.8) is 0 Å². The van der Waals surface area contributed by atoms with Crippen LogP contribution in [-0.4, -0.2) is 9.55 Å². The summed E-state index contributed by atoms with van der Waals surface area (Å²) in [5.74, 6) is 0.846. The molecule has 0 N–H and O–H groups in total. The molecule has 3 heterocycles. The van der Waals surface area contributed by atoms with Crippen LogP contribution in [0.3, 0.4) is 0 Å². The van der Waals surface area contributed by atoms with E-state index in [-0.39, 0.29) is 0 Å². The summed E-state index contributed by atoms with van der Waals surface area (Å²) in [4.78, 5) is 5.29. The van der Waals surface area contributed by atoms with Crippen LogP contribution in [0, 0.1) is 0 Å². The van der Waals surface area contributed by atoms with E-state index < -0.39 is 7.14 Å². The topological polar surface area (TPSA) is 34.9 Å². The fraction of sp³-hybridized carbons (Fsp3) is 0. The van der Waals surface area contributed by atoms with Gasteiger partial charge in [0.15, 0.2) is 7.14 Å². The van der Waals surface area contributed by atoms with Gasteiger partial charge in [-0.1, -0.05) is 133 Å². The zero-order chi connectivity index (χ0) is 30.0. The van der Waals surface area contributed by atoms with E-state index in [1.54, 1.807) is 0 Å². The van der Waals surface area contributed by atoms with Crippen LogP contribution in [0.5, 0.6) is 0 Å². The molecule has 0 saturated heterocycles. The van der Waals surface area contributed by atoms with Crippen molar-refractivity contribution in [2.24, 2.45) is 0 Å². The first-order valence-electron chi connectivity index (χ1n) is 15.2. The third kappa shape index (κ3) is 3.91. The lowest BCUT2D eigenvalue weighted by Gasteiger charge is -2.16. The minimum Gasteiger partial charge on any atom is -0.309 e. The molecule has 0 bridgehead atoms. The third-order valence-corrected chi connectivity index (χ3v) is 12.1. The van der Waals surface area contributed by atoms with E-state index in [0.29, 0.717) is 0 Å². The van der Waals surface area contributed by atoms with Gasteiger partial charge >= 0.3 is 0 Å². The van der Waals surface area contributed by atoms with Gasteiger partial charge < -0.3 is 4.57 Å². The van der Waals surface area contributed by atoms with Gasteiger partial charge in [-0.3, -0.25) is 4.57 Å². The lowest BCUT2D eigenvalue weighted by Crippen LogP contribution is -2.20. The van der Waals surface area contributed by atoms with Gasteiger partial charge in [-0.25, -0.2) is 4.98 Å². The van der Waals surface area contributed by atoms with Gasteiger partial charge in [0.2, 0.25) is 0 Å². The summed E-state index contributed by atoms with van der Waals surface area (Å²) in [5.41, 5.74) is 8.39. The molecule has 0 aliphatic carbocycles. The molecule has 0 radical (unpaired) electrons. The minimum atomic E-state index is -3.07. The zero-order valence-electron chi connectivity index (χ0n) is 24.3. The first kappa shape index (κ1) is 25.9. The van der Waals surface area contributed by atoms with Crippen LogP contribution in [0.25, 0.3) is 61.1 Å². The third-order valence-electron chi connectivity index (χ3n) is 9.00. The first-order valence-corrected chi connectivity index (χ1v) is 16.9. The van der Waals surface area contributed by atoms with Crippen LogP contribution in [0.2, 0.25) is 0 Å². The van der Waals surface area contributed by atoms with E-state index in [0.717, 1.165) is 77.0 Å². The van der Waals surface area contributed by atoms with Crippen molar-refractivity contribution in [1.82, 2.24) is 9.55 Å². The molecular formula is C41H27N2OP. The summed E-state index contributed by atoms with van der Waals surface area (Å²) in [6.07, 6.45) is 0. The van der Waals surface area contributed by atoms with Crippen molar-refractivity contribution in [2.75, 3.05) is 0 Å². The van der Waals surface area contributed by atoms with Gasteiger partial charge in [-0.15, -0.1) is 0 Å². The fourth-order valence-electron chi connectivity index (χ4n) is 6.93. The quantitative estimate of drug-likeness (QED) is 0.191. The summed E-state index contributed by atoms with van der Waals surface area (Å²) < 4.78 is 17.6. The number of nitrogens with zero attached hydrogens (tertiary/aromatic N) is 2. The molecule has 1 atom stereocenters.